The molecule has 1 unspecified atom stereocenters. The molecular weight excluding hydrogens is 396 g/mol. The molecule has 8 heteroatoms. The first kappa shape index (κ1) is 20.8. The maximum atomic E-state index is 12.2. The molecule has 1 aliphatic rings. The second kappa shape index (κ2) is 9.05. The summed E-state index contributed by atoms with van der Waals surface area (Å²) in [5.74, 6) is -1.44. The molecule has 0 heterocycles. The van der Waals surface area contributed by atoms with Crippen molar-refractivity contribution in [1.82, 2.24) is 5.32 Å². The molecule has 0 spiro atoms. The van der Waals surface area contributed by atoms with Crippen molar-refractivity contribution in [1.29, 1.82) is 0 Å². The summed E-state index contributed by atoms with van der Waals surface area (Å²) < 4.78 is 4.95. The average molecular weight is 417 g/mol. The number of esters is 1. The molecule has 0 saturated carbocycles. The maximum absolute atomic E-state index is 12.2. The lowest BCUT2D eigenvalue weighted by Gasteiger charge is -2.20. The van der Waals surface area contributed by atoms with E-state index in [0.717, 1.165) is 24.5 Å². The number of benzene rings is 2. The predicted octanol–water partition coefficient (Wildman–Crippen LogP) is 4.16. The molecule has 2 aromatic carbocycles. The van der Waals surface area contributed by atoms with Gasteiger partial charge in [-0.15, -0.1) is 0 Å². The van der Waals surface area contributed by atoms with Crippen LogP contribution in [0.15, 0.2) is 36.4 Å². The molecule has 3 rings (SSSR count). The lowest BCUT2D eigenvalue weighted by Crippen LogP contribution is -2.31. The van der Waals surface area contributed by atoms with Gasteiger partial charge in [-0.2, -0.15) is 0 Å². The van der Waals surface area contributed by atoms with E-state index in [1.807, 2.05) is 13.0 Å². The van der Waals surface area contributed by atoms with Crippen LogP contribution in [0.3, 0.4) is 0 Å². The largest absolute Gasteiger partial charge is 0.452 e. The van der Waals surface area contributed by atoms with Gasteiger partial charge in [-0.3, -0.25) is 14.9 Å². The van der Waals surface area contributed by atoms with E-state index in [9.17, 15) is 19.7 Å². The minimum Gasteiger partial charge on any atom is -0.452 e. The number of fused-ring (bicyclic) bond motifs is 1. The summed E-state index contributed by atoms with van der Waals surface area (Å²) in [5, 5.41) is 14.0. The Morgan fingerprint density at radius 3 is 2.62 bits per heavy atom. The Morgan fingerprint density at radius 2 is 1.90 bits per heavy atom. The lowest BCUT2D eigenvalue weighted by molar-refractivity contribution is -0.385. The average Bonchev–Trinajstić information content (AvgIpc) is 2.71. The van der Waals surface area contributed by atoms with Crippen LogP contribution in [0.25, 0.3) is 0 Å². The van der Waals surface area contributed by atoms with Crippen LogP contribution < -0.4 is 5.32 Å². The van der Waals surface area contributed by atoms with Crippen molar-refractivity contribution in [3.8, 4) is 0 Å². The smallest absolute Gasteiger partial charge is 0.345 e. The number of nitro groups is 1. The molecule has 0 bridgehead atoms. The number of nitro benzene ring substituents is 1. The fourth-order valence-corrected chi connectivity index (χ4v) is 3.59. The first-order chi connectivity index (χ1) is 13.8. The topological polar surface area (TPSA) is 98.5 Å². The van der Waals surface area contributed by atoms with Crippen LogP contribution in [0.1, 0.15) is 52.9 Å². The summed E-state index contributed by atoms with van der Waals surface area (Å²) in [4.78, 5) is 34.7. The number of rotatable bonds is 6. The fraction of sp³-hybridized carbons (Fsp3) is 0.333. The normalized spacial score (nSPS) is 13.9. The van der Waals surface area contributed by atoms with Gasteiger partial charge in [0.1, 0.15) is 5.56 Å². The first-order valence-corrected chi connectivity index (χ1v) is 9.75. The Balaban J connectivity index is 1.58. The predicted molar refractivity (Wildman–Crippen MR) is 108 cm³/mol. The number of carbonyl (C=O) groups excluding carboxylic acids is 2. The van der Waals surface area contributed by atoms with Gasteiger partial charge in [0, 0.05) is 11.1 Å². The molecule has 1 atom stereocenters. The zero-order valence-electron chi connectivity index (χ0n) is 15.9. The third-order valence-corrected chi connectivity index (χ3v) is 5.20. The molecule has 1 N–H and O–H groups in total. The van der Waals surface area contributed by atoms with Crippen LogP contribution in [-0.4, -0.2) is 23.4 Å². The van der Waals surface area contributed by atoms with Gasteiger partial charge in [0.25, 0.3) is 11.6 Å². The SMILES string of the molecule is CC(NC(=O)COC(=O)c1ccc(Cl)cc1[N+](=O)[O-])c1ccc2c(c1)CCCC2. The molecule has 29 heavy (non-hydrogen) atoms. The summed E-state index contributed by atoms with van der Waals surface area (Å²) in [7, 11) is 0. The molecule has 0 radical (unpaired) electrons. The lowest BCUT2D eigenvalue weighted by atomic mass is 9.89. The molecule has 2 aromatic rings. The zero-order chi connectivity index (χ0) is 21.0. The van der Waals surface area contributed by atoms with Gasteiger partial charge in [-0.25, -0.2) is 4.79 Å². The van der Waals surface area contributed by atoms with Crippen LogP contribution >= 0.6 is 11.6 Å². The van der Waals surface area contributed by atoms with Crippen molar-refractivity contribution in [3.05, 3.63) is 73.8 Å². The number of nitrogens with one attached hydrogen (secondary N) is 1. The van der Waals surface area contributed by atoms with Crippen LogP contribution in [0.4, 0.5) is 5.69 Å². The molecular formula is C21H21ClN2O5. The number of ether oxygens (including phenoxy) is 1. The molecule has 152 valence electrons. The molecule has 0 aromatic heterocycles. The quantitative estimate of drug-likeness (QED) is 0.433. The monoisotopic (exact) mass is 416 g/mol. The molecule has 1 aliphatic carbocycles. The van der Waals surface area contributed by atoms with Gasteiger partial charge in [0.2, 0.25) is 0 Å². The van der Waals surface area contributed by atoms with E-state index in [4.69, 9.17) is 16.3 Å². The summed E-state index contributed by atoms with van der Waals surface area (Å²) in [6.07, 6.45) is 4.50. The maximum Gasteiger partial charge on any atom is 0.345 e. The molecule has 7 nitrogen and oxygen atoms in total. The highest BCUT2D eigenvalue weighted by molar-refractivity contribution is 6.31. The minimum absolute atomic E-state index is 0.130. The van der Waals surface area contributed by atoms with E-state index in [2.05, 4.69) is 17.4 Å². The van der Waals surface area contributed by atoms with E-state index in [1.54, 1.807) is 0 Å². The zero-order valence-corrected chi connectivity index (χ0v) is 16.7. The Kier molecular flexibility index (Phi) is 6.49. The highest BCUT2D eigenvalue weighted by Gasteiger charge is 2.23. The third kappa shape index (κ3) is 5.12. The summed E-state index contributed by atoms with van der Waals surface area (Å²) in [6, 6.07) is 9.58. The number of aryl methyl sites for hydroxylation is 2. The fourth-order valence-electron chi connectivity index (χ4n) is 3.43. The highest BCUT2D eigenvalue weighted by atomic mass is 35.5. The van der Waals surface area contributed by atoms with Gasteiger partial charge in [-0.1, -0.05) is 29.8 Å². The van der Waals surface area contributed by atoms with Crippen LogP contribution in [-0.2, 0) is 22.4 Å². The van der Waals surface area contributed by atoms with E-state index >= 15 is 0 Å². The Morgan fingerprint density at radius 1 is 1.17 bits per heavy atom. The van der Waals surface area contributed by atoms with Crippen LogP contribution in [0.2, 0.25) is 5.02 Å². The second-order valence-corrected chi connectivity index (χ2v) is 7.46. The number of amides is 1. The van der Waals surface area contributed by atoms with E-state index in [-0.39, 0.29) is 16.6 Å². The highest BCUT2D eigenvalue weighted by Crippen LogP contribution is 2.25. The number of nitrogens with zero attached hydrogens (tertiary/aromatic N) is 1. The van der Waals surface area contributed by atoms with E-state index in [0.29, 0.717) is 0 Å². The second-order valence-electron chi connectivity index (χ2n) is 7.02. The van der Waals surface area contributed by atoms with E-state index in [1.165, 1.54) is 36.1 Å². The molecule has 0 saturated heterocycles. The van der Waals surface area contributed by atoms with Crippen molar-refractivity contribution < 1.29 is 19.2 Å². The first-order valence-electron chi connectivity index (χ1n) is 9.37. The Labute approximate surface area is 173 Å². The van der Waals surface area contributed by atoms with Crippen LogP contribution in [0, 0.1) is 10.1 Å². The van der Waals surface area contributed by atoms with Crippen molar-refractivity contribution in [2.24, 2.45) is 0 Å². The van der Waals surface area contributed by atoms with Gasteiger partial charge in [-0.05, 0) is 61.4 Å². The van der Waals surface area contributed by atoms with Crippen molar-refractivity contribution in [2.75, 3.05) is 6.61 Å². The summed E-state index contributed by atoms with van der Waals surface area (Å²) in [6.45, 7) is 1.32. The van der Waals surface area contributed by atoms with Gasteiger partial charge in [0.15, 0.2) is 6.61 Å². The number of hydrogen-bond donors (Lipinski definition) is 1. The third-order valence-electron chi connectivity index (χ3n) is 4.96. The number of hydrogen-bond acceptors (Lipinski definition) is 5. The van der Waals surface area contributed by atoms with Gasteiger partial charge in [0.05, 0.1) is 11.0 Å². The standard InChI is InChI=1S/C21H21ClN2O5/c1-13(15-7-6-14-4-2-3-5-16(14)10-15)23-20(25)12-29-21(26)18-9-8-17(22)11-19(18)24(27)28/h6-11,13H,2-5,12H2,1H3,(H,23,25). The minimum atomic E-state index is -0.954. The Bertz CT molecular complexity index is 960. The summed E-state index contributed by atoms with van der Waals surface area (Å²) in [5.41, 5.74) is 2.94. The Hall–Kier alpha value is -2.93. The molecule has 0 aliphatic heterocycles. The summed E-state index contributed by atoms with van der Waals surface area (Å²) >= 11 is 5.73. The molecule has 1 amide bonds. The van der Waals surface area contributed by atoms with Crippen molar-refractivity contribution in [3.63, 3.8) is 0 Å². The van der Waals surface area contributed by atoms with Crippen molar-refractivity contribution >= 4 is 29.2 Å². The number of carbonyl (C=O) groups is 2. The number of halogens is 1. The molecule has 0 fully saturated rings. The van der Waals surface area contributed by atoms with Crippen LogP contribution in [0.5, 0.6) is 0 Å². The van der Waals surface area contributed by atoms with Gasteiger partial charge < -0.3 is 10.1 Å². The van der Waals surface area contributed by atoms with E-state index < -0.39 is 29.1 Å². The van der Waals surface area contributed by atoms with Gasteiger partial charge >= 0.3 is 5.97 Å². The van der Waals surface area contributed by atoms with Crippen molar-refractivity contribution in [2.45, 2.75) is 38.6 Å².